The van der Waals surface area contributed by atoms with Crippen molar-refractivity contribution in [1.82, 2.24) is 9.97 Å². The standard InChI is InChI=1S/C15H19N3O2S/c1-7-6-12(13(15(19)20)8(2)16-7)18-10(4)14-9(3)17-11(5)21-14/h6,10H,1-5H3,(H,16,18)(H,19,20). The highest BCUT2D eigenvalue weighted by molar-refractivity contribution is 7.11. The molecule has 2 aromatic heterocycles. The number of thiazole rings is 1. The van der Waals surface area contributed by atoms with E-state index >= 15 is 0 Å². The van der Waals surface area contributed by atoms with Gasteiger partial charge in [0.05, 0.1) is 28.1 Å². The second kappa shape index (κ2) is 5.81. The average Bonchev–Trinajstić information content (AvgIpc) is 2.66. The van der Waals surface area contributed by atoms with Crippen molar-refractivity contribution in [2.45, 2.75) is 40.7 Å². The van der Waals surface area contributed by atoms with Crippen LogP contribution in [-0.2, 0) is 0 Å². The van der Waals surface area contributed by atoms with Gasteiger partial charge in [0.25, 0.3) is 0 Å². The lowest BCUT2D eigenvalue weighted by molar-refractivity contribution is 0.0696. The monoisotopic (exact) mass is 305 g/mol. The molecule has 2 aromatic rings. The van der Waals surface area contributed by atoms with E-state index in [0.29, 0.717) is 11.4 Å². The highest BCUT2D eigenvalue weighted by Gasteiger charge is 2.19. The molecule has 2 heterocycles. The van der Waals surface area contributed by atoms with Gasteiger partial charge in [0.2, 0.25) is 0 Å². The van der Waals surface area contributed by atoms with Gasteiger partial charge in [-0.2, -0.15) is 0 Å². The highest BCUT2D eigenvalue weighted by Crippen LogP contribution is 2.29. The van der Waals surface area contributed by atoms with Crippen molar-refractivity contribution in [2.24, 2.45) is 0 Å². The zero-order valence-electron chi connectivity index (χ0n) is 12.8. The first-order valence-corrected chi connectivity index (χ1v) is 7.53. The number of rotatable bonds is 4. The van der Waals surface area contributed by atoms with Gasteiger partial charge in [0, 0.05) is 10.6 Å². The number of nitrogens with zero attached hydrogens (tertiary/aromatic N) is 2. The number of anilines is 1. The normalized spacial score (nSPS) is 12.2. The molecule has 2 rings (SSSR count). The first-order valence-electron chi connectivity index (χ1n) is 6.71. The molecule has 21 heavy (non-hydrogen) atoms. The number of hydrogen-bond acceptors (Lipinski definition) is 5. The molecule has 0 aliphatic carbocycles. The van der Waals surface area contributed by atoms with E-state index in [1.807, 2.05) is 27.7 Å². The minimum absolute atomic E-state index is 0.00417. The molecule has 1 atom stereocenters. The van der Waals surface area contributed by atoms with Crippen molar-refractivity contribution in [3.05, 3.63) is 38.6 Å². The molecule has 1 unspecified atom stereocenters. The Labute approximate surface area is 128 Å². The lowest BCUT2D eigenvalue weighted by Gasteiger charge is -2.17. The van der Waals surface area contributed by atoms with Gasteiger partial charge in [-0.25, -0.2) is 9.78 Å². The molecule has 0 saturated heterocycles. The molecule has 0 saturated carbocycles. The van der Waals surface area contributed by atoms with Crippen LogP contribution in [0.5, 0.6) is 0 Å². The topological polar surface area (TPSA) is 75.1 Å². The Morgan fingerprint density at radius 2 is 1.90 bits per heavy atom. The van der Waals surface area contributed by atoms with Crippen LogP contribution in [0.2, 0.25) is 0 Å². The molecule has 112 valence electrons. The number of hydrogen-bond donors (Lipinski definition) is 2. The fourth-order valence-corrected chi connectivity index (χ4v) is 3.39. The van der Waals surface area contributed by atoms with Gasteiger partial charge in [0.15, 0.2) is 0 Å². The second-order valence-electron chi connectivity index (χ2n) is 5.13. The van der Waals surface area contributed by atoms with Crippen molar-refractivity contribution >= 4 is 23.0 Å². The molecule has 0 bridgehead atoms. The van der Waals surface area contributed by atoms with Crippen molar-refractivity contribution in [3.8, 4) is 0 Å². The van der Waals surface area contributed by atoms with Crippen LogP contribution in [0, 0.1) is 27.7 Å². The Bertz CT molecular complexity index is 694. The van der Waals surface area contributed by atoms with Crippen LogP contribution < -0.4 is 5.32 Å². The fourth-order valence-electron chi connectivity index (χ4n) is 2.46. The number of carboxylic acids is 1. The molecule has 0 spiro atoms. The number of pyridine rings is 1. The molecule has 0 aromatic carbocycles. The molecule has 6 heteroatoms. The van der Waals surface area contributed by atoms with Crippen molar-refractivity contribution in [3.63, 3.8) is 0 Å². The van der Waals surface area contributed by atoms with E-state index in [0.717, 1.165) is 21.3 Å². The van der Waals surface area contributed by atoms with Gasteiger partial charge < -0.3 is 10.4 Å². The Morgan fingerprint density at radius 1 is 1.24 bits per heavy atom. The summed E-state index contributed by atoms with van der Waals surface area (Å²) in [5.41, 5.74) is 3.13. The summed E-state index contributed by atoms with van der Waals surface area (Å²) < 4.78 is 0. The maximum atomic E-state index is 11.5. The van der Waals surface area contributed by atoms with Gasteiger partial charge >= 0.3 is 5.97 Å². The molecular weight excluding hydrogens is 286 g/mol. The summed E-state index contributed by atoms with van der Waals surface area (Å²) >= 11 is 1.63. The summed E-state index contributed by atoms with van der Waals surface area (Å²) in [5.74, 6) is -0.966. The molecule has 0 radical (unpaired) electrons. The number of nitrogens with one attached hydrogen (secondary N) is 1. The molecule has 0 fully saturated rings. The zero-order valence-corrected chi connectivity index (χ0v) is 13.6. The summed E-state index contributed by atoms with van der Waals surface area (Å²) in [6.45, 7) is 9.52. The first-order chi connectivity index (χ1) is 9.79. The smallest absolute Gasteiger partial charge is 0.339 e. The number of aromatic nitrogens is 2. The summed E-state index contributed by atoms with van der Waals surface area (Å²) in [6.07, 6.45) is 0. The number of carbonyl (C=O) groups is 1. The number of carboxylic acid groups (broad SMARTS) is 1. The zero-order chi connectivity index (χ0) is 15.7. The first kappa shape index (κ1) is 15.4. The van der Waals surface area contributed by atoms with E-state index in [2.05, 4.69) is 15.3 Å². The van der Waals surface area contributed by atoms with Gasteiger partial charge in [-0.15, -0.1) is 11.3 Å². The third-order valence-corrected chi connectivity index (χ3v) is 4.50. The molecule has 2 N–H and O–H groups in total. The molecule has 0 aliphatic heterocycles. The quantitative estimate of drug-likeness (QED) is 0.902. The lowest BCUT2D eigenvalue weighted by atomic mass is 10.1. The van der Waals surface area contributed by atoms with Crippen LogP contribution in [0.3, 0.4) is 0 Å². The Kier molecular flexibility index (Phi) is 4.27. The lowest BCUT2D eigenvalue weighted by Crippen LogP contribution is -2.13. The average molecular weight is 305 g/mol. The second-order valence-corrected chi connectivity index (χ2v) is 6.36. The summed E-state index contributed by atoms with van der Waals surface area (Å²) in [5, 5.41) is 13.7. The van der Waals surface area contributed by atoms with E-state index in [1.165, 1.54) is 0 Å². The maximum absolute atomic E-state index is 11.5. The number of aromatic carboxylic acids is 1. The third kappa shape index (κ3) is 3.21. The SMILES string of the molecule is Cc1cc(NC(C)c2sc(C)nc2C)c(C(=O)O)c(C)n1. The fraction of sp³-hybridized carbons (Fsp3) is 0.400. The predicted octanol–water partition coefficient (Wildman–Crippen LogP) is 3.64. The highest BCUT2D eigenvalue weighted by atomic mass is 32.1. The predicted molar refractivity (Wildman–Crippen MR) is 84.3 cm³/mol. The van der Waals surface area contributed by atoms with E-state index in [1.54, 1.807) is 24.3 Å². The van der Waals surface area contributed by atoms with Crippen LogP contribution in [0.4, 0.5) is 5.69 Å². The third-order valence-electron chi connectivity index (χ3n) is 3.25. The maximum Gasteiger partial charge on any atom is 0.339 e. The van der Waals surface area contributed by atoms with Crippen LogP contribution in [-0.4, -0.2) is 21.0 Å². The molecule has 5 nitrogen and oxygen atoms in total. The van der Waals surface area contributed by atoms with E-state index in [9.17, 15) is 9.90 Å². The minimum Gasteiger partial charge on any atom is -0.478 e. The summed E-state index contributed by atoms with van der Waals surface area (Å²) in [6, 6.07) is 1.77. The Morgan fingerprint density at radius 3 is 2.43 bits per heavy atom. The molecule has 0 aliphatic rings. The van der Waals surface area contributed by atoms with Crippen LogP contribution in [0.1, 0.15) is 50.3 Å². The van der Waals surface area contributed by atoms with Gasteiger partial charge in [-0.05, 0) is 40.7 Å². The minimum atomic E-state index is -0.966. The van der Waals surface area contributed by atoms with E-state index in [4.69, 9.17) is 0 Å². The van der Waals surface area contributed by atoms with E-state index in [-0.39, 0.29) is 11.6 Å². The van der Waals surface area contributed by atoms with Crippen LogP contribution >= 0.6 is 11.3 Å². The largest absolute Gasteiger partial charge is 0.478 e. The van der Waals surface area contributed by atoms with Gasteiger partial charge in [-0.3, -0.25) is 4.98 Å². The van der Waals surface area contributed by atoms with Gasteiger partial charge in [-0.1, -0.05) is 0 Å². The molecule has 0 amide bonds. The van der Waals surface area contributed by atoms with Gasteiger partial charge in [0.1, 0.15) is 5.56 Å². The number of aryl methyl sites for hydroxylation is 4. The Balaban J connectivity index is 2.39. The van der Waals surface area contributed by atoms with Crippen molar-refractivity contribution in [2.75, 3.05) is 5.32 Å². The van der Waals surface area contributed by atoms with Crippen molar-refractivity contribution in [1.29, 1.82) is 0 Å². The Hall–Kier alpha value is -1.95. The van der Waals surface area contributed by atoms with E-state index < -0.39 is 5.97 Å². The summed E-state index contributed by atoms with van der Waals surface area (Å²) in [7, 11) is 0. The molecular formula is C15H19N3O2S. The van der Waals surface area contributed by atoms with Crippen molar-refractivity contribution < 1.29 is 9.90 Å². The summed E-state index contributed by atoms with van der Waals surface area (Å²) in [4.78, 5) is 21.2. The van der Waals surface area contributed by atoms with Crippen LogP contribution in [0.25, 0.3) is 0 Å². The van der Waals surface area contributed by atoms with Crippen LogP contribution in [0.15, 0.2) is 6.07 Å².